The quantitative estimate of drug-likeness (QED) is 0.527. The summed E-state index contributed by atoms with van der Waals surface area (Å²) in [7, 11) is 0. The van der Waals surface area contributed by atoms with Crippen LogP contribution in [0, 0.1) is 13.8 Å². The molecule has 0 bridgehead atoms. The largest absolute Gasteiger partial charge is 0.362 e. The average molecular weight is 397 g/mol. The highest BCUT2D eigenvalue weighted by atomic mass is 15.3. The molecule has 0 aliphatic carbocycles. The second-order valence-corrected chi connectivity index (χ2v) is 7.64. The van der Waals surface area contributed by atoms with Crippen LogP contribution in [0.15, 0.2) is 56.1 Å². The van der Waals surface area contributed by atoms with Gasteiger partial charge in [0, 0.05) is 66.0 Å². The Morgan fingerprint density at radius 1 is 1.10 bits per heavy atom. The lowest BCUT2D eigenvalue weighted by atomic mass is 10.00. The molecule has 0 saturated carbocycles. The minimum atomic E-state index is 0.746. The lowest BCUT2D eigenvalue weighted by molar-refractivity contribution is 0.314. The zero-order valence-corrected chi connectivity index (χ0v) is 17.2. The number of aryl methyl sites for hydroxylation is 2. The molecule has 0 amide bonds. The number of nitrogens with zero attached hydrogens (tertiary/aromatic N) is 7. The summed E-state index contributed by atoms with van der Waals surface area (Å²) in [6.07, 6.45) is 7.55. The molecule has 0 fully saturated rings. The van der Waals surface area contributed by atoms with Gasteiger partial charge in [-0.25, -0.2) is 14.5 Å². The van der Waals surface area contributed by atoms with Gasteiger partial charge >= 0.3 is 0 Å². The third kappa shape index (κ3) is 3.08. The monoisotopic (exact) mass is 397 g/mol. The van der Waals surface area contributed by atoms with E-state index in [1.165, 1.54) is 0 Å². The Labute approximate surface area is 175 Å². The van der Waals surface area contributed by atoms with Crippen molar-refractivity contribution in [1.29, 1.82) is 0 Å². The lowest BCUT2D eigenvalue weighted by Crippen LogP contribution is -2.32. The number of imidazole rings is 2. The number of hydrogen-bond donors (Lipinski definition) is 0. The first-order valence-electron chi connectivity index (χ1n) is 9.93. The van der Waals surface area contributed by atoms with E-state index >= 15 is 0 Å². The molecule has 0 unspecified atom stereocenters. The third-order valence-corrected chi connectivity index (χ3v) is 5.61. The van der Waals surface area contributed by atoms with E-state index in [1.807, 2.05) is 38.4 Å². The number of hydrogen-bond acceptors (Lipinski definition) is 5. The molecule has 0 spiro atoms. The number of fused-ring (bicyclic) bond motifs is 2. The smallest absolute Gasteiger partial charge is 0.153 e. The van der Waals surface area contributed by atoms with E-state index < -0.39 is 0 Å². The van der Waals surface area contributed by atoms with Gasteiger partial charge in [-0.15, -0.1) is 0 Å². The van der Waals surface area contributed by atoms with Crippen molar-refractivity contribution in [2.75, 3.05) is 6.54 Å². The van der Waals surface area contributed by atoms with Crippen molar-refractivity contribution in [2.24, 2.45) is 0 Å². The zero-order chi connectivity index (χ0) is 20.8. The molecule has 7 heteroatoms. The summed E-state index contributed by atoms with van der Waals surface area (Å²) >= 11 is 0. The van der Waals surface area contributed by atoms with E-state index in [0.29, 0.717) is 0 Å². The van der Waals surface area contributed by atoms with Gasteiger partial charge < -0.3 is 9.47 Å². The minimum absolute atomic E-state index is 0.746. The van der Waals surface area contributed by atoms with Crippen LogP contribution < -0.4 is 0 Å². The fourth-order valence-corrected chi connectivity index (χ4v) is 3.92. The molecule has 0 aromatic carbocycles. The normalized spacial score (nSPS) is 13.5. The Morgan fingerprint density at radius 2 is 1.97 bits per heavy atom. The van der Waals surface area contributed by atoms with Crippen LogP contribution in [0.5, 0.6) is 0 Å². The maximum absolute atomic E-state index is 4.63. The maximum Gasteiger partial charge on any atom is 0.153 e. The van der Waals surface area contributed by atoms with Crippen molar-refractivity contribution in [2.45, 2.75) is 26.9 Å². The molecule has 5 rings (SSSR count). The minimum Gasteiger partial charge on any atom is -0.362 e. The topological polar surface area (TPSA) is 64.1 Å². The Kier molecular flexibility index (Phi) is 4.24. The van der Waals surface area contributed by atoms with Crippen molar-refractivity contribution in [1.82, 2.24) is 34.0 Å². The highest BCUT2D eigenvalue weighted by molar-refractivity contribution is 5.79. The average Bonchev–Trinajstić information content (AvgIpc) is 3.37. The molecule has 0 N–H and O–H groups in total. The predicted molar refractivity (Wildman–Crippen MR) is 117 cm³/mol. The van der Waals surface area contributed by atoms with E-state index in [-0.39, 0.29) is 0 Å². The van der Waals surface area contributed by atoms with Crippen molar-refractivity contribution in [3.8, 4) is 0 Å². The molecule has 7 nitrogen and oxygen atoms in total. The van der Waals surface area contributed by atoms with Crippen LogP contribution >= 0.6 is 0 Å². The summed E-state index contributed by atoms with van der Waals surface area (Å²) in [4.78, 5) is 15.8. The van der Waals surface area contributed by atoms with Crippen LogP contribution in [0.25, 0.3) is 16.9 Å². The molecule has 1 aliphatic rings. The predicted octanol–water partition coefficient (Wildman–Crippen LogP) is 3.49. The van der Waals surface area contributed by atoms with Crippen molar-refractivity contribution < 1.29 is 0 Å². The van der Waals surface area contributed by atoms with Gasteiger partial charge in [0.1, 0.15) is 5.82 Å². The zero-order valence-electron chi connectivity index (χ0n) is 17.2. The van der Waals surface area contributed by atoms with Crippen molar-refractivity contribution in [3.63, 3.8) is 0 Å². The maximum atomic E-state index is 4.63. The first-order valence-corrected chi connectivity index (χ1v) is 9.93. The van der Waals surface area contributed by atoms with E-state index in [9.17, 15) is 0 Å². The molecular formula is C23H23N7. The molecular weight excluding hydrogens is 374 g/mol. The second-order valence-electron chi connectivity index (χ2n) is 7.64. The SMILES string of the molecule is C=C(c1ccc2nccn2n1)c1cc(C(=C)N2CCn3cc(C)nc3C2)cnc1C. The second kappa shape index (κ2) is 6.95. The summed E-state index contributed by atoms with van der Waals surface area (Å²) in [6, 6.07) is 5.99. The van der Waals surface area contributed by atoms with Gasteiger partial charge in [-0.1, -0.05) is 13.2 Å². The van der Waals surface area contributed by atoms with Crippen LogP contribution in [0.2, 0.25) is 0 Å². The first-order chi connectivity index (χ1) is 14.5. The summed E-state index contributed by atoms with van der Waals surface area (Å²) in [5.41, 5.74) is 7.29. The van der Waals surface area contributed by atoms with Crippen LogP contribution in [0.3, 0.4) is 0 Å². The van der Waals surface area contributed by atoms with Gasteiger partial charge in [-0.05, 0) is 32.0 Å². The summed E-state index contributed by atoms with van der Waals surface area (Å²) in [6.45, 7) is 15.2. The molecule has 150 valence electrons. The van der Waals surface area contributed by atoms with Crippen LogP contribution in [-0.2, 0) is 13.1 Å². The van der Waals surface area contributed by atoms with Gasteiger partial charge in [0.25, 0.3) is 0 Å². The van der Waals surface area contributed by atoms with Gasteiger partial charge in [-0.2, -0.15) is 5.10 Å². The van der Waals surface area contributed by atoms with Gasteiger partial charge in [0.2, 0.25) is 0 Å². The van der Waals surface area contributed by atoms with E-state index in [4.69, 9.17) is 0 Å². The summed E-state index contributed by atoms with van der Waals surface area (Å²) < 4.78 is 3.97. The molecule has 5 heterocycles. The fraction of sp³-hybridized carbons (Fsp3) is 0.217. The Hall–Kier alpha value is -3.74. The molecule has 4 aromatic rings. The van der Waals surface area contributed by atoms with Gasteiger partial charge in [0.05, 0.1) is 17.9 Å². The highest BCUT2D eigenvalue weighted by Crippen LogP contribution is 2.28. The van der Waals surface area contributed by atoms with Crippen molar-refractivity contribution in [3.05, 3.63) is 90.2 Å². The van der Waals surface area contributed by atoms with Gasteiger partial charge in [0.15, 0.2) is 5.65 Å². The van der Waals surface area contributed by atoms with Crippen molar-refractivity contribution >= 4 is 16.9 Å². The Bertz CT molecular complexity index is 1290. The summed E-state index contributed by atoms with van der Waals surface area (Å²) in [5.74, 6) is 1.07. The molecule has 0 radical (unpaired) electrons. The first kappa shape index (κ1) is 18.3. The highest BCUT2D eigenvalue weighted by Gasteiger charge is 2.20. The van der Waals surface area contributed by atoms with E-state index in [0.717, 1.165) is 70.6 Å². The fourth-order valence-electron chi connectivity index (χ4n) is 3.92. The van der Waals surface area contributed by atoms with E-state index in [2.05, 4.69) is 54.9 Å². The van der Waals surface area contributed by atoms with Crippen LogP contribution in [0.4, 0.5) is 0 Å². The van der Waals surface area contributed by atoms with Crippen LogP contribution in [0.1, 0.15) is 34.0 Å². The Balaban J connectivity index is 1.44. The molecule has 1 aliphatic heterocycles. The number of aromatic nitrogens is 6. The standard InChI is InChI=1S/C23H23N7/c1-15-13-29-10-9-28(14-23(29)26-15)18(4)19-11-20(17(3)25-12-19)16(2)21-5-6-22-24-7-8-30(22)27-21/h5-8,11-13H,2,4,9-10,14H2,1,3H3. The lowest BCUT2D eigenvalue weighted by Gasteiger charge is -2.31. The molecule has 30 heavy (non-hydrogen) atoms. The molecule has 0 atom stereocenters. The molecule has 4 aromatic heterocycles. The molecule has 0 saturated heterocycles. The van der Waals surface area contributed by atoms with Gasteiger partial charge in [-0.3, -0.25) is 4.98 Å². The number of rotatable bonds is 4. The summed E-state index contributed by atoms with van der Waals surface area (Å²) in [5, 5.41) is 4.63. The Morgan fingerprint density at radius 3 is 2.83 bits per heavy atom. The van der Waals surface area contributed by atoms with E-state index in [1.54, 1.807) is 10.7 Å². The number of pyridine rings is 1. The third-order valence-electron chi connectivity index (χ3n) is 5.61. The van der Waals surface area contributed by atoms with Crippen LogP contribution in [-0.4, -0.2) is 40.6 Å².